The van der Waals surface area contributed by atoms with Crippen molar-refractivity contribution in [1.29, 1.82) is 0 Å². The lowest BCUT2D eigenvalue weighted by Gasteiger charge is -2.16. The van der Waals surface area contributed by atoms with Crippen LogP contribution in [0.15, 0.2) is 30.5 Å². The van der Waals surface area contributed by atoms with E-state index in [2.05, 4.69) is 22.4 Å². The molecule has 0 amide bonds. The number of benzene rings is 1. The molecule has 2 aromatic rings. The molecule has 2 saturated carbocycles. The molecule has 2 aliphatic rings. The Kier molecular flexibility index (Phi) is 2.62. The van der Waals surface area contributed by atoms with Gasteiger partial charge >= 0.3 is 0 Å². The number of ether oxygens (including phenoxy) is 1. The number of methoxy groups -OCH3 is 1. The molecule has 4 rings (SSSR count). The van der Waals surface area contributed by atoms with Crippen LogP contribution in [0, 0.1) is 11.3 Å². The van der Waals surface area contributed by atoms with E-state index >= 15 is 0 Å². The third-order valence-electron chi connectivity index (χ3n) is 4.92. The number of pyridine rings is 1. The highest BCUT2D eigenvalue weighted by Gasteiger charge is 2.53. The number of nitrogens with one attached hydrogen (secondary N) is 1. The summed E-state index contributed by atoms with van der Waals surface area (Å²) in [5.74, 6) is 2.85. The maximum atomic E-state index is 5.33. The Morgan fingerprint density at radius 1 is 1.30 bits per heavy atom. The Labute approximate surface area is 119 Å². The smallest absolute Gasteiger partial charge is 0.133 e. The van der Waals surface area contributed by atoms with Gasteiger partial charge in [-0.15, -0.1) is 0 Å². The number of anilines is 1. The van der Waals surface area contributed by atoms with Crippen LogP contribution in [-0.4, -0.2) is 18.6 Å². The van der Waals surface area contributed by atoms with Crippen molar-refractivity contribution in [3.8, 4) is 5.75 Å². The third-order valence-corrected chi connectivity index (χ3v) is 4.92. The molecule has 0 bridgehead atoms. The summed E-state index contributed by atoms with van der Waals surface area (Å²) in [6.07, 6.45) is 7.52. The van der Waals surface area contributed by atoms with Crippen LogP contribution >= 0.6 is 0 Å². The number of nitrogens with zero attached hydrogens (tertiary/aromatic N) is 1. The predicted molar refractivity (Wildman–Crippen MR) is 81.2 cm³/mol. The first-order chi connectivity index (χ1) is 9.81. The van der Waals surface area contributed by atoms with Crippen molar-refractivity contribution in [3.63, 3.8) is 0 Å². The molecule has 20 heavy (non-hydrogen) atoms. The molecular weight excluding hydrogens is 248 g/mol. The zero-order valence-electron chi connectivity index (χ0n) is 11.9. The van der Waals surface area contributed by atoms with Crippen molar-refractivity contribution >= 4 is 16.6 Å². The van der Waals surface area contributed by atoms with E-state index in [-0.39, 0.29) is 0 Å². The molecule has 2 fully saturated rings. The van der Waals surface area contributed by atoms with Crippen molar-refractivity contribution in [3.05, 3.63) is 30.5 Å². The molecule has 1 N–H and O–H groups in total. The zero-order valence-corrected chi connectivity index (χ0v) is 11.9. The van der Waals surface area contributed by atoms with Gasteiger partial charge in [-0.2, -0.15) is 0 Å². The van der Waals surface area contributed by atoms with Crippen LogP contribution < -0.4 is 10.1 Å². The summed E-state index contributed by atoms with van der Waals surface area (Å²) in [5.41, 5.74) is 0.586. The monoisotopic (exact) mass is 268 g/mol. The topological polar surface area (TPSA) is 34.1 Å². The predicted octanol–water partition coefficient (Wildman–Crippen LogP) is 3.85. The fourth-order valence-corrected chi connectivity index (χ4v) is 3.26. The van der Waals surface area contributed by atoms with Crippen LogP contribution in [0.5, 0.6) is 5.75 Å². The largest absolute Gasteiger partial charge is 0.497 e. The maximum Gasteiger partial charge on any atom is 0.133 e. The summed E-state index contributed by atoms with van der Waals surface area (Å²) in [6.45, 7) is 1.07. The average Bonchev–Trinajstić information content (AvgIpc) is 3.37. The lowest BCUT2D eigenvalue weighted by Crippen LogP contribution is -2.18. The first kappa shape index (κ1) is 12.0. The Bertz CT molecular complexity index is 644. The van der Waals surface area contributed by atoms with Gasteiger partial charge in [0.2, 0.25) is 0 Å². The molecule has 0 atom stereocenters. The zero-order chi connectivity index (χ0) is 13.6. The molecule has 0 saturated heterocycles. The van der Waals surface area contributed by atoms with E-state index < -0.39 is 0 Å². The summed E-state index contributed by atoms with van der Waals surface area (Å²) in [5, 5.41) is 5.96. The van der Waals surface area contributed by atoms with E-state index in [0.717, 1.165) is 29.4 Å². The average molecular weight is 268 g/mol. The van der Waals surface area contributed by atoms with Crippen molar-refractivity contribution in [1.82, 2.24) is 4.98 Å². The highest BCUT2D eigenvalue weighted by Crippen LogP contribution is 2.61. The van der Waals surface area contributed by atoms with Crippen LogP contribution in [0.4, 0.5) is 5.82 Å². The van der Waals surface area contributed by atoms with Crippen molar-refractivity contribution < 1.29 is 4.74 Å². The lowest BCUT2D eigenvalue weighted by molar-refractivity contribution is 0.415. The van der Waals surface area contributed by atoms with Crippen molar-refractivity contribution in [2.75, 3.05) is 19.0 Å². The Morgan fingerprint density at radius 2 is 2.15 bits per heavy atom. The quantitative estimate of drug-likeness (QED) is 0.894. The summed E-state index contributed by atoms with van der Waals surface area (Å²) >= 11 is 0. The Balaban J connectivity index is 1.61. The third kappa shape index (κ3) is 2.01. The van der Waals surface area contributed by atoms with Crippen LogP contribution in [-0.2, 0) is 0 Å². The fraction of sp³-hybridized carbons (Fsp3) is 0.471. The summed E-state index contributed by atoms with van der Waals surface area (Å²) in [6, 6.07) is 8.21. The number of hydrogen-bond donors (Lipinski definition) is 1. The van der Waals surface area contributed by atoms with Crippen LogP contribution in [0.3, 0.4) is 0 Å². The molecule has 104 valence electrons. The summed E-state index contributed by atoms with van der Waals surface area (Å²) < 4.78 is 5.33. The molecule has 3 nitrogen and oxygen atoms in total. The first-order valence-electron chi connectivity index (χ1n) is 7.47. The van der Waals surface area contributed by atoms with Crippen molar-refractivity contribution in [2.45, 2.75) is 25.7 Å². The molecule has 1 aromatic carbocycles. The molecule has 1 heterocycles. The Hall–Kier alpha value is -1.77. The minimum atomic E-state index is 0.586. The number of hydrogen-bond acceptors (Lipinski definition) is 3. The second kappa shape index (κ2) is 4.37. The van der Waals surface area contributed by atoms with Gasteiger partial charge in [0.25, 0.3) is 0 Å². The molecule has 0 radical (unpaired) electrons. The van der Waals surface area contributed by atoms with E-state index in [1.807, 2.05) is 18.3 Å². The molecule has 0 unspecified atom stereocenters. The van der Waals surface area contributed by atoms with Gasteiger partial charge < -0.3 is 10.1 Å². The highest BCUT2D eigenvalue weighted by molar-refractivity contribution is 5.92. The molecule has 3 heteroatoms. The summed E-state index contributed by atoms with van der Waals surface area (Å²) in [4.78, 5) is 4.53. The van der Waals surface area contributed by atoms with Crippen LogP contribution in [0.2, 0.25) is 0 Å². The van der Waals surface area contributed by atoms with Crippen LogP contribution in [0.25, 0.3) is 10.8 Å². The van der Waals surface area contributed by atoms with E-state index in [1.54, 1.807) is 7.11 Å². The maximum absolute atomic E-state index is 5.33. The van der Waals surface area contributed by atoms with Gasteiger partial charge in [0.1, 0.15) is 11.6 Å². The normalized spacial score (nSPS) is 19.9. The van der Waals surface area contributed by atoms with Gasteiger partial charge in [0, 0.05) is 18.1 Å². The Morgan fingerprint density at radius 3 is 2.85 bits per heavy atom. The van der Waals surface area contributed by atoms with E-state index in [4.69, 9.17) is 4.74 Å². The van der Waals surface area contributed by atoms with Gasteiger partial charge in [0.05, 0.1) is 7.11 Å². The van der Waals surface area contributed by atoms with Gasteiger partial charge in [0.15, 0.2) is 0 Å². The standard InChI is InChI=1S/C17H20N2O/c1-20-14-5-2-12-6-9-18-16(15(12)10-14)19-11-17(7-8-17)13-3-4-13/h2,5-6,9-10,13H,3-4,7-8,11H2,1H3,(H,18,19). The number of rotatable bonds is 5. The van der Waals surface area contributed by atoms with Crippen molar-refractivity contribution in [2.24, 2.45) is 11.3 Å². The second-order valence-corrected chi connectivity index (χ2v) is 6.24. The van der Waals surface area contributed by atoms with Gasteiger partial charge in [-0.1, -0.05) is 6.07 Å². The van der Waals surface area contributed by atoms with Gasteiger partial charge in [-0.05, 0) is 60.6 Å². The second-order valence-electron chi connectivity index (χ2n) is 6.24. The SMILES string of the molecule is COc1ccc2ccnc(NCC3(C4CC4)CC3)c2c1. The fourth-order valence-electron chi connectivity index (χ4n) is 3.26. The molecule has 0 spiro atoms. The minimum absolute atomic E-state index is 0.586. The van der Waals surface area contributed by atoms with Gasteiger partial charge in [-0.3, -0.25) is 0 Å². The molecule has 1 aromatic heterocycles. The van der Waals surface area contributed by atoms with Crippen LogP contribution in [0.1, 0.15) is 25.7 Å². The number of aromatic nitrogens is 1. The molecule has 2 aliphatic carbocycles. The number of fused-ring (bicyclic) bond motifs is 1. The van der Waals surface area contributed by atoms with Gasteiger partial charge in [-0.25, -0.2) is 4.98 Å². The summed E-state index contributed by atoms with van der Waals surface area (Å²) in [7, 11) is 1.71. The van der Waals surface area contributed by atoms with E-state index in [0.29, 0.717) is 5.41 Å². The molecule has 0 aliphatic heterocycles. The van der Waals surface area contributed by atoms with E-state index in [9.17, 15) is 0 Å². The highest BCUT2D eigenvalue weighted by atomic mass is 16.5. The first-order valence-corrected chi connectivity index (χ1v) is 7.47. The lowest BCUT2D eigenvalue weighted by atomic mass is 10.0. The molecular formula is C17H20N2O. The van der Waals surface area contributed by atoms with E-state index in [1.165, 1.54) is 31.1 Å². The minimum Gasteiger partial charge on any atom is -0.497 e.